The number of rotatable bonds is 3. The zero-order chi connectivity index (χ0) is 14.8. The lowest BCUT2D eigenvalue weighted by atomic mass is 10.0. The molecule has 0 aliphatic heterocycles. The average Bonchev–Trinajstić information content (AvgIpc) is 2.89. The lowest BCUT2D eigenvalue weighted by molar-refractivity contribution is 0.893. The lowest BCUT2D eigenvalue weighted by Crippen LogP contribution is -1.98. The molecule has 3 heterocycles. The van der Waals surface area contributed by atoms with Gasteiger partial charge in [-0.15, -0.1) is 0 Å². The molecule has 3 aromatic heterocycles. The minimum atomic E-state index is 0.453. The highest BCUT2D eigenvalue weighted by molar-refractivity contribution is 5.88. The molecule has 0 atom stereocenters. The number of nitrogens with zero attached hydrogens (tertiary/aromatic N) is 4. The van der Waals surface area contributed by atoms with Crippen molar-refractivity contribution in [2.24, 2.45) is 0 Å². The van der Waals surface area contributed by atoms with E-state index in [2.05, 4.69) is 25.4 Å². The Hall–Kier alpha value is -2.76. The summed E-state index contributed by atoms with van der Waals surface area (Å²) in [4.78, 5) is 4.15. The SMILES string of the molecule is CCc1nnc(C)cc1-c1[nH]nc(N)c1-c1cccnc1. The number of H-pyrrole nitrogens is 1. The number of anilines is 1. The van der Waals surface area contributed by atoms with Gasteiger partial charge in [-0.3, -0.25) is 10.1 Å². The van der Waals surface area contributed by atoms with Gasteiger partial charge in [0.2, 0.25) is 0 Å². The number of nitrogens with one attached hydrogen (secondary N) is 1. The molecule has 0 bridgehead atoms. The molecule has 3 N–H and O–H groups in total. The number of aromatic nitrogens is 5. The summed E-state index contributed by atoms with van der Waals surface area (Å²) in [6.45, 7) is 3.96. The van der Waals surface area contributed by atoms with Crippen molar-refractivity contribution >= 4 is 5.82 Å². The Morgan fingerprint density at radius 3 is 2.86 bits per heavy atom. The standard InChI is InChI=1S/C15H16N6/c1-3-12-11(7-9(2)18-19-12)14-13(15(16)21-20-14)10-5-4-6-17-8-10/h4-8H,3H2,1-2H3,(H3,16,20,21). The largest absolute Gasteiger partial charge is 0.382 e. The third-order valence-electron chi connectivity index (χ3n) is 3.34. The Morgan fingerprint density at radius 1 is 1.29 bits per heavy atom. The molecule has 106 valence electrons. The van der Waals surface area contributed by atoms with Crippen molar-refractivity contribution in [1.82, 2.24) is 25.4 Å². The Labute approximate surface area is 122 Å². The summed E-state index contributed by atoms with van der Waals surface area (Å²) in [6.07, 6.45) is 4.29. The number of aromatic amines is 1. The van der Waals surface area contributed by atoms with Crippen LogP contribution in [0, 0.1) is 6.92 Å². The van der Waals surface area contributed by atoms with E-state index in [4.69, 9.17) is 5.73 Å². The van der Waals surface area contributed by atoms with Gasteiger partial charge in [-0.1, -0.05) is 13.0 Å². The highest BCUT2D eigenvalue weighted by atomic mass is 15.2. The molecular formula is C15H16N6. The monoisotopic (exact) mass is 280 g/mol. The topological polar surface area (TPSA) is 93.4 Å². The molecule has 3 aromatic rings. The molecule has 0 amide bonds. The van der Waals surface area contributed by atoms with Crippen LogP contribution in [-0.2, 0) is 6.42 Å². The Bertz CT molecular complexity index is 763. The van der Waals surface area contributed by atoms with E-state index in [9.17, 15) is 0 Å². The summed E-state index contributed by atoms with van der Waals surface area (Å²) < 4.78 is 0. The fourth-order valence-corrected chi connectivity index (χ4v) is 2.35. The smallest absolute Gasteiger partial charge is 0.153 e. The van der Waals surface area contributed by atoms with Gasteiger partial charge in [-0.05, 0) is 25.5 Å². The number of nitrogen functional groups attached to an aromatic ring is 1. The van der Waals surface area contributed by atoms with E-state index in [1.807, 2.05) is 32.0 Å². The van der Waals surface area contributed by atoms with Crippen LogP contribution in [0.3, 0.4) is 0 Å². The predicted molar refractivity (Wildman–Crippen MR) is 81.4 cm³/mol. The van der Waals surface area contributed by atoms with E-state index in [1.165, 1.54) is 0 Å². The highest BCUT2D eigenvalue weighted by Crippen LogP contribution is 2.35. The maximum Gasteiger partial charge on any atom is 0.153 e. The van der Waals surface area contributed by atoms with Crippen LogP contribution in [0.4, 0.5) is 5.82 Å². The van der Waals surface area contributed by atoms with Crippen LogP contribution in [0.5, 0.6) is 0 Å². The molecule has 0 unspecified atom stereocenters. The van der Waals surface area contributed by atoms with Gasteiger partial charge in [0, 0.05) is 23.5 Å². The van der Waals surface area contributed by atoms with Crippen molar-refractivity contribution in [2.75, 3.05) is 5.73 Å². The second kappa shape index (κ2) is 5.32. The third kappa shape index (κ3) is 2.35. The van der Waals surface area contributed by atoms with Crippen LogP contribution in [0.1, 0.15) is 18.3 Å². The first-order chi connectivity index (χ1) is 10.2. The molecule has 0 aliphatic rings. The van der Waals surface area contributed by atoms with Gasteiger partial charge in [-0.2, -0.15) is 15.3 Å². The van der Waals surface area contributed by atoms with Crippen molar-refractivity contribution in [1.29, 1.82) is 0 Å². The van der Waals surface area contributed by atoms with Gasteiger partial charge in [0.25, 0.3) is 0 Å². The van der Waals surface area contributed by atoms with Crippen LogP contribution < -0.4 is 5.73 Å². The first-order valence-electron chi connectivity index (χ1n) is 6.78. The summed E-state index contributed by atoms with van der Waals surface area (Å²) in [5.74, 6) is 0.453. The maximum atomic E-state index is 6.03. The zero-order valence-corrected chi connectivity index (χ0v) is 12.0. The minimum Gasteiger partial charge on any atom is -0.382 e. The van der Waals surface area contributed by atoms with E-state index in [-0.39, 0.29) is 0 Å². The second-order valence-electron chi connectivity index (χ2n) is 4.80. The molecule has 6 heteroatoms. The molecule has 0 aliphatic carbocycles. The van der Waals surface area contributed by atoms with E-state index in [0.29, 0.717) is 5.82 Å². The first kappa shape index (κ1) is 13.2. The van der Waals surface area contributed by atoms with Crippen molar-refractivity contribution in [3.63, 3.8) is 0 Å². The third-order valence-corrected chi connectivity index (χ3v) is 3.34. The molecule has 0 saturated carbocycles. The van der Waals surface area contributed by atoms with E-state index < -0.39 is 0 Å². The quantitative estimate of drug-likeness (QED) is 0.768. The molecule has 0 radical (unpaired) electrons. The molecule has 0 saturated heterocycles. The average molecular weight is 280 g/mol. The molecule has 0 fully saturated rings. The maximum absolute atomic E-state index is 6.03. The number of hydrogen-bond acceptors (Lipinski definition) is 5. The van der Waals surface area contributed by atoms with Gasteiger partial charge in [0.05, 0.1) is 22.6 Å². The van der Waals surface area contributed by atoms with Crippen LogP contribution in [-0.4, -0.2) is 25.4 Å². The van der Waals surface area contributed by atoms with Gasteiger partial charge >= 0.3 is 0 Å². The fourth-order valence-electron chi connectivity index (χ4n) is 2.35. The molecule has 6 nitrogen and oxygen atoms in total. The summed E-state index contributed by atoms with van der Waals surface area (Å²) >= 11 is 0. The normalized spacial score (nSPS) is 10.8. The molecule has 3 rings (SSSR count). The summed E-state index contributed by atoms with van der Waals surface area (Å²) in [5.41, 5.74) is 11.4. The van der Waals surface area contributed by atoms with E-state index in [0.717, 1.165) is 40.2 Å². The zero-order valence-electron chi connectivity index (χ0n) is 12.0. The summed E-state index contributed by atoms with van der Waals surface area (Å²) in [6, 6.07) is 5.84. The first-order valence-corrected chi connectivity index (χ1v) is 6.78. The Kier molecular flexibility index (Phi) is 3.35. The second-order valence-corrected chi connectivity index (χ2v) is 4.80. The van der Waals surface area contributed by atoms with Gasteiger partial charge in [0.1, 0.15) is 0 Å². The van der Waals surface area contributed by atoms with Crippen LogP contribution in [0.25, 0.3) is 22.4 Å². The van der Waals surface area contributed by atoms with Crippen molar-refractivity contribution in [3.05, 3.63) is 42.0 Å². The van der Waals surface area contributed by atoms with Crippen LogP contribution in [0.15, 0.2) is 30.6 Å². The van der Waals surface area contributed by atoms with Gasteiger partial charge in [0.15, 0.2) is 5.82 Å². The van der Waals surface area contributed by atoms with Crippen molar-refractivity contribution < 1.29 is 0 Å². The molecule has 0 spiro atoms. The van der Waals surface area contributed by atoms with Gasteiger partial charge < -0.3 is 5.73 Å². The number of hydrogen-bond donors (Lipinski definition) is 2. The molecular weight excluding hydrogens is 264 g/mol. The Balaban J connectivity index is 2.24. The molecule has 21 heavy (non-hydrogen) atoms. The lowest BCUT2D eigenvalue weighted by Gasteiger charge is -2.08. The van der Waals surface area contributed by atoms with Crippen molar-refractivity contribution in [3.8, 4) is 22.4 Å². The molecule has 0 aromatic carbocycles. The number of nitrogens with two attached hydrogens (primary N) is 1. The number of aryl methyl sites for hydroxylation is 2. The Morgan fingerprint density at radius 2 is 2.14 bits per heavy atom. The van der Waals surface area contributed by atoms with Crippen LogP contribution >= 0.6 is 0 Å². The van der Waals surface area contributed by atoms with E-state index in [1.54, 1.807) is 12.4 Å². The van der Waals surface area contributed by atoms with Crippen LogP contribution in [0.2, 0.25) is 0 Å². The highest BCUT2D eigenvalue weighted by Gasteiger charge is 2.18. The number of pyridine rings is 1. The van der Waals surface area contributed by atoms with Gasteiger partial charge in [-0.25, -0.2) is 0 Å². The summed E-state index contributed by atoms with van der Waals surface area (Å²) in [5, 5.41) is 15.6. The predicted octanol–water partition coefficient (Wildman–Crippen LogP) is 2.38. The van der Waals surface area contributed by atoms with E-state index >= 15 is 0 Å². The summed E-state index contributed by atoms with van der Waals surface area (Å²) in [7, 11) is 0. The minimum absolute atomic E-state index is 0.453. The fraction of sp³-hybridized carbons (Fsp3) is 0.200. The van der Waals surface area contributed by atoms with Crippen molar-refractivity contribution in [2.45, 2.75) is 20.3 Å².